The molecule has 2 N–H and O–H groups in total. The first-order valence-electron chi connectivity index (χ1n) is 10.3. The quantitative estimate of drug-likeness (QED) is 0.394. The third-order valence-electron chi connectivity index (χ3n) is 5.09. The van der Waals surface area contributed by atoms with Crippen LogP contribution in [0.15, 0.2) is 65.6 Å². The number of amides is 1. The van der Waals surface area contributed by atoms with Gasteiger partial charge in [0.05, 0.1) is 11.4 Å². The molecule has 1 aromatic heterocycles. The van der Waals surface area contributed by atoms with Crippen molar-refractivity contribution in [2.24, 2.45) is 0 Å². The minimum atomic E-state index is -3.85. The highest BCUT2D eigenvalue weighted by molar-refractivity contribution is 7.89. The normalized spacial score (nSPS) is 11.5. The van der Waals surface area contributed by atoms with Crippen LogP contribution in [0.4, 0.5) is 16.0 Å². The molecule has 0 spiro atoms. The van der Waals surface area contributed by atoms with Gasteiger partial charge in [0.25, 0.3) is 5.91 Å². The van der Waals surface area contributed by atoms with Crippen LogP contribution >= 0.6 is 0 Å². The van der Waals surface area contributed by atoms with Crippen LogP contribution in [-0.4, -0.2) is 55.2 Å². The predicted octanol–water partition coefficient (Wildman–Crippen LogP) is 2.26. The number of sulfonamides is 1. The smallest absolute Gasteiger partial charge is 0.258 e. The summed E-state index contributed by atoms with van der Waals surface area (Å²) in [6.07, 6.45) is 0. The number of hydrogen-bond donors (Lipinski definition) is 2. The lowest BCUT2D eigenvalue weighted by Gasteiger charge is -2.17. The van der Waals surface area contributed by atoms with Crippen molar-refractivity contribution < 1.29 is 17.6 Å². The highest BCUT2D eigenvalue weighted by Crippen LogP contribution is 2.30. The zero-order valence-corrected chi connectivity index (χ0v) is 19.3. The van der Waals surface area contributed by atoms with Gasteiger partial charge >= 0.3 is 0 Å². The van der Waals surface area contributed by atoms with E-state index >= 15 is 0 Å². The molecule has 3 aromatic carbocycles. The first kappa shape index (κ1) is 23.3. The lowest BCUT2D eigenvalue weighted by atomic mass is 10.1. The Morgan fingerprint density at radius 2 is 1.79 bits per heavy atom. The maximum absolute atomic E-state index is 13.4. The fraction of sp³-hybridized carbons (Fsp3) is 0.182. The Morgan fingerprint density at radius 1 is 1.06 bits per heavy atom. The summed E-state index contributed by atoms with van der Waals surface area (Å²) in [5, 5.41) is 15.0. The number of rotatable bonds is 8. The van der Waals surface area contributed by atoms with Crippen LogP contribution in [0.3, 0.4) is 0 Å². The molecule has 4 aromatic rings. The number of aromatic nitrogens is 4. The molecule has 0 saturated carbocycles. The van der Waals surface area contributed by atoms with E-state index < -0.39 is 21.7 Å². The Hall–Kier alpha value is -3.90. The van der Waals surface area contributed by atoms with Gasteiger partial charge in [-0.25, -0.2) is 22.2 Å². The molecule has 0 aliphatic rings. The van der Waals surface area contributed by atoms with E-state index in [1.54, 1.807) is 18.2 Å². The van der Waals surface area contributed by atoms with Crippen molar-refractivity contribution in [3.8, 4) is 0 Å². The monoisotopic (exact) mass is 483 g/mol. The van der Waals surface area contributed by atoms with Crippen LogP contribution in [0.5, 0.6) is 0 Å². The maximum Gasteiger partial charge on any atom is 0.258 e. The van der Waals surface area contributed by atoms with Gasteiger partial charge in [-0.2, -0.15) is 0 Å². The lowest BCUT2D eigenvalue weighted by Crippen LogP contribution is -2.28. The Morgan fingerprint density at radius 3 is 2.56 bits per heavy atom. The van der Waals surface area contributed by atoms with Crippen molar-refractivity contribution in [1.82, 2.24) is 24.9 Å². The average Bonchev–Trinajstić information content (AvgIpc) is 3.24. The third-order valence-corrected chi connectivity index (χ3v) is 6.61. The summed E-state index contributed by atoms with van der Waals surface area (Å²) >= 11 is 0. The molecule has 34 heavy (non-hydrogen) atoms. The van der Waals surface area contributed by atoms with Crippen molar-refractivity contribution in [2.45, 2.75) is 11.4 Å². The molecule has 0 aliphatic heterocycles. The fourth-order valence-corrected chi connectivity index (χ4v) is 4.74. The van der Waals surface area contributed by atoms with Gasteiger partial charge < -0.3 is 4.90 Å². The van der Waals surface area contributed by atoms with Gasteiger partial charge in [0.2, 0.25) is 16.0 Å². The Bertz CT molecular complexity index is 1450. The van der Waals surface area contributed by atoms with Gasteiger partial charge in [-0.1, -0.05) is 35.4 Å². The average molecular weight is 484 g/mol. The van der Waals surface area contributed by atoms with Crippen molar-refractivity contribution in [1.29, 1.82) is 0 Å². The molecule has 0 unspecified atom stereocenters. The second-order valence-corrected chi connectivity index (χ2v) is 9.35. The van der Waals surface area contributed by atoms with E-state index in [4.69, 9.17) is 0 Å². The summed E-state index contributed by atoms with van der Waals surface area (Å²) in [6.45, 7) is 0.0265. The molecule has 0 saturated heterocycles. The van der Waals surface area contributed by atoms with Gasteiger partial charge in [-0.05, 0) is 40.8 Å². The molecule has 1 heterocycles. The first-order chi connectivity index (χ1) is 16.3. The summed E-state index contributed by atoms with van der Waals surface area (Å²) in [5.74, 6) is -1.13. The van der Waals surface area contributed by atoms with Crippen LogP contribution in [0.25, 0.3) is 10.8 Å². The van der Waals surface area contributed by atoms with Crippen LogP contribution in [0.2, 0.25) is 0 Å². The SMILES string of the molecule is CN(C)c1cccc2c(S(=O)(=O)NCCn3nnnc3NC(=O)c3cccc(F)c3)cccc12. The molecule has 0 aliphatic carbocycles. The number of benzene rings is 3. The number of carbonyl (C=O) groups excluding carboxylic acids is 1. The highest BCUT2D eigenvalue weighted by atomic mass is 32.2. The van der Waals surface area contributed by atoms with E-state index in [1.165, 1.54) is 22.9 Å². The molecule has 0 radical (unpaired) electrons. The number of halogens is 1. The van der Waals surface area contributed by atoms with Crippen molar-refractivity contribution in [2.75, 3.05) is 30.9 Å². The molecule has 176 valence electrons. The zero-order valence-electron chi connectivity index (χ0n) is 18.4. The van der Waals surface area contributed by atoms with E-state index in [0.717, 1.165) is 17.1 Å². The Labute approximate surface area is 195 Å². The van der Waals surface area contributed by atoms with E-state index in [1.807, 2.05) is 37.2 Å². The molecule has 1 amide bonds. The summed E-state index contributed by atoms with van der Waals surface area (Å²) in [6, 6.07) is 15.8. The lowest BCUT2D eigenvalue weighted by molar-refractivity contribution is 0.102. The minimum absolute atomic E-state index is 0.00856. The molecule has 0 atom stereocenters. The van der Waals surface area contributed by atoms with Crippen LogP contribution in [0, 0.1) is 5.82 Å². The van der Waals surface area contributed by atoms with Gasteiger partial charge in [0.1, 0.15) is 5.82 Å². The summed E-state index contributed by atoms with van der Waals surface area (Å²) in [5.41, 5.74) is 1.00. The number of carbonyl (C=O) groups is 1. The largest absolute Gasteiger partial charge is 0.377 e. The third kappa shape index (κ3) is 4.87. The van der Waals surface area contributed by atoms with Crippen LogP contribution < -0.4 is 14.9 Å². The topological polar surface area (TPSA) is 122 Å². The molecule has 0 fully saturated rings. The standard InChI is InChI=1S/C22H22FN7O3S/c1-29(2)19-10-4-9-18-17(19)8-5-11-20(18)34(32,33)24-12-13-30-22(26-27-28-30)25-21(31)15-6-3-7-16(23)14-15/h3-11,14,24H,12-13H2,1-2H3,(H,25,26,28,31). The summed E-state index contributed by atoms with van der Waals surface area (Å²) < 4.78 is 43.3. The predicted molar refractivity (Wildman–Crippen MR) is 126 cm³/mol. The second kappa shape index (κ2) is 9.53. The molecule has 4 rings (SSSR count). The number of nitrogens with one attached hydrogen (secondary N) is 2. The van der Waals surface area contributed by atoms with E-state index in [9.17, 15) is 17.6 Å². The van der Waals surface area contributed by atoms with E-state index in [-0.39, 0.29) is 29.5 Å². The molecule has 0 bridgehead atoms. The number of hydrogen-bond acceptors (Lipinski definition) is 7. The van der Waals surface area contributed by atoms with E-state index in [0.29, 0.717) is 5.39 Å². The number of nitrogens with zero attached hydrogens (tertiary/aromatic N) is 5. The van der Waals surface area contributed by atoms with Crippen molar-refractivity contribution in [3.05, 3.63) is 72.0 Å². The molecular formula is C22H22FN7O3S. The maximum atomic E-state index is 13.4. The van der Waals surface area contributed by atoms with E-state index in [2.05, 4.69) is 25.6 Å². The van der Waals surface area contributed by atoms with Gasteiger partial charge in [0.15, 0.2) is 0 Å². The second-order valence-electron chi connectivity index (χ2n) is 7.61. The van der Waals surface area contributed by atoms with Gasteiger partial charge in [-0.3, -0.25) is 10.1 Å². The van der Waals surface area contributed by atoms with Gasteiger partial charge in [0, 0.05) is 42.7 Å². The zero-order chi connectivity index (χ0) is 24.3. The van der Waals surface area contributed by atoms with Crippen molar-refractivity contribution in [3.63, 3.8) is 0 Å². The number of anilines is 2. The van der Waals surface area contributed by atoms with Crippen LogP contribution in [0.1, 0.15) is 10.4 Å². The first-order valence-corrected chi connectivity index (χ1v) is 11.8. The van der Waals surface area contributed by atoms with Crippen LogP contribution in [-0.2, 0) is 16.6 Å². The Balaban J connectivity index is 1.47. The minimum Gasteiger partial charge on any atom is -0.377 e. The summed E-state index contributed by atoms with van der Waals surface area (Å²) in [7, 11) is -0.0580. The molecule has 10 nitrogen and oxygen atoms in total. The summed E-state index contributed by atoms with van der Waals surface area (Å²) in [4.78, 5) is 14.4. The Kier molecular flexibility index (Phi) is 6.52. The highest BCUT2D eigenvalue weighted by Gasteiger charge is 2.19. The van der Waals surface area contributed by atoms with Gasteiger partial charge in [-0.15, -0.1) is 0 Å². The number of tetrazole rings is 1. The fourth-order valence-electron chi connectivity index (χ4n) is 3.50. The van der Waals surface area contributed by atoms with Crippen molar-refractivity contribution >= 4 is 38.3 Å². The molecule has 12 heteroatoms. The molecular weight excluding hydrogens is 461 g/mol. The number of fused-ring (bicyclic) bond motifs is 1.